The fourth-order valence-corrected chi connectivity index (χ4v) is 4.26. The number of aryl methyl sites for hydroxylation is 1. The molecule has 2 heteroatoms. The quantitative estimate of drug-likeness (QED) is 0.440. The van der Waals surface area contributed by atoms with Crippen molar-refractivity contribution in [2.75, 3.05) is 6.61 Å². The average molecular weight is 346 g/mol. The molecule has 1 fully saturated rings. The summed E-state index contributed by atoms with van der Waals surface area (Å²) in [7, 11) is 0. The van der Waals surface area contributed by atoms with Crippen molar-refractivity contribution in [2.24, 2.45) is 11.7 Å². The third-order valence-electron chi connectivity index (χ3n) is 6.13. The number of unbranched alkanes of at least 4 members (excludes halogenated alkanes) is 5. The molecule has 0 spiro atoms. The zero-order valence-electron chi connectivity index (χ0n) is 16.3. The molecule has 0 aromatic heterocycles. The molecule has 2 unspecified atom stereocenters. The first kappa shape index (κ1) is 20.5. The minimum atomic E-state index is -0.381. The van der Waals surface area contributed by atoms with Crippen LogP contribution in [0.15, 0.2) is 24.3 Å². The third kappa shape index (κ3) is 6.75. The van der Waals surface area contributed by atoms with E-state index in [1.54, 1.807) is 0 Å². The van der Waals surface area contributed by atoms with E-state index in [-0.39, 0.29) is 12.1 Å². The number of benzene rings is 1. The predicted octanol–water partition coefficient (Wildman–Crippen LogP) is 5.40. The molecule has 2 atom stereocenters. The highest BCUT2D eigenvalue weighted by atomic mass is 16.3. The first-order valence-electron chi connectivity index (χ1n) is 10.7. The van der Waals surface area contributed by atoms with Crippen LogP contribution in [0.4, 0.5) is 0 Å². The van der Waals surface area contributed by atoms with Crippen molar-refractivity contribution in [2.45, 2.75) is 95.9 Å². The monoisotopic (exact) mass is 345 g/mol. The van der Waals surface area contributed by atoms with Gasteiger partial charge in [-0.15, -0.1) is 0 Å². The molecule has 0 heterocycles. The Kier molecular flexibility index (Phi) is 8.98. The minimum Gasteiger partial charge on any atom is -0.394 e. The highest BCUT2D eigenvalue weighted by molar-refractivity contribution is 5.23. The lowest BCUT2D eigenvalue weighted by molar-refractivity contribution is 0.131. The number of hydrogen-bond acceptors (Lipinski definition) is 2. The van der Waals surface area contributed by atoms with E-state index in [1.807, 2.05) is 0 Å². The number of nitrogens with two attached hydrogens (primary N) is 1. The standard InChI is InChI=1S/C23H39NO/c1-2-3-4-5-6-8-11-20-13-15-21(16-14-20)18-22-12-9-7-10-17-23(22,24)19-25/h13-16,22,25H,2-12,17-19,24H2,1H3. The maximum atomic E-state index is 9.82. The Morgan fingerprint density at radius 3 is 2.36 bits per heavy atom. The highest BCUT2D eigenvalue weighted by Crippen LogP contribution is 2.33. The molecule has 1 aromatic carbocycles. The van der Waals surface area contributed by atoms with Gasteiger partial charge in [0.25, 0.3) is 0 Å². The Labute approximate surface area is 155 Å². The second-order valence-electron chi connectivity index (χ2n) is 8.23. The van der Waals surface area contributed by atoms with Gasteiger partial charge >= 0.3 is 0 Å². The molecule has 1 aromatic rings. The van der Waals surface area contributed by atoms with Gasteiger partial charge < -0.3 is 10.8 Å². The van der Waals surface area contributed by atoms with Gasteiger partial charge in [0.2, 0.25) is 0 Å². The summed E-state index contributed by atoms with van der Waals surface area (Å²) in [5, 5.41) is 9.82. The van der Waals surface area contributed by atoms with Gasteiger partial charge in [-0.3, -0.25) is 0 Å². The summed E-state index contributed by atoms with van der Waals surface area (Å²) in [6, 6.07) is 9.18. The Balaban J connectivity index is 1.80. The smallest absolute Gasteiger partial charge is 0.0614 e. The van der Waals surface area contributed by atoms with Crippen LogP contribution in [0.3, 0.4) is 0 Å². The summed E-state index contributed by atoms with van der Waals surface area (Å²) < 4.78 is 0. The number of rotatable bonds is 10. The summed E-state index contributed by atoms with van der Waals surface area (Å²) in [5.41, 5.74) is 9.00. The van der Waals surface area contributed by atoms with Gasteiger partial charge in [0.1, 0.15) is 0 Å². The van der Waals surface area contributed by atoms with Crippen molar-refractivity contribution >= 4 is 0 Å². The SMILES string of the molecule is CCCCCCCCc1ccc(CC2CCCCCC2(N)CO)cc1. The number of aliphatic hydroxyl groups is 1. The fraction of sp³-hybridized carbons (Fsp3) is 0.739. The van der Waals surface area contributed by atoms with Crippen LogP contribution < -0.4 is 5.73 Å². The largest absolute Gasteiger partial charge is 0.394 e. The highest BCUT2D eigenvalue weighted by Gasteiger charge is 2.35. The Bertz CT molecular complexity index is 469. The Morgan fingerprint density at radius 1 is 0.960 bits per heavy atom. The van der Waals surface area contributed by atoms with Gasteiger partial charge in [0, 0.05) is 5.54 Å². The van der Waals surface area contributed by atoms with E-state index >= 15 is 0 Å². The summed E-state index contributed by atoms with van der Waals surface area (Å²) in [4.78, 5) is 0. The van der Waals surface area contributed by atoms with Crippen molar-refractivity contribution < 1.29 is 5.11 Å². The van der Waals surface area contributed by atoms with Gasteiger partial charge in [0.05, 0.1) is 6.61 Å². The molecule has 0 aliphatic heterocycles. The first-order valence-corrected chi connectivity index (χ1v) is 10.7. The molecule has 25 heavy (non-hydrogen) atoms. The molecule has 0 bridgehead atoms. The van der Waals surface area contributed by atoms with Gasteiger partial charge in [-0.1, -0.05) is 82.6 Å². The molecule has 0 amide bonds. The van der Waals surface area contributed by atoms with Crippen LogP contribution in [0, 0.1) is 5.92 Å². The van der Waals surface area contributed by atoms with Crippen molar-refractivity contribution in [3.63, 3.8) is 0 Å². The first-order chi connectivity index (χ1) is 12.2. The second-order valence-corrected chi connectivity index (χ2v) is 8.23. The van der Waals surface area contributed by atoms with Crippen LogP contribution in [-0.4, -0.2) is 17.3 Å². The molecule has 0 radical (unpaired) electrons. The van der Waals surface area contributed by atoms with E-state index in [4.69, 9.17) is 5.73 Å². The van der Waals surface area contributed by atoms with E-state index in [1.165, 1.54) is 68.9 Å². The molecule has 1 aliphatic rings. The van der Waals surface area contributed by atoms with Crippen molar-refractivity contribution in [1.82, 2.24) is 0 Å². The zero-order chi connectivity index (χ0) is 18.0. The van der Waals surface area contributed by atoms with Crippen LogP contribution >= 0.6 is 0 Å². The van der Waals surface area contributed by atoms with Gasteiger partial charge in [-0.2, -0.15) is 0 Å². The molecular formula is C23H39NO. The predicted molar refractivity (Wildman–Crippen MR) is 108 cm³/mol. The third-order valence-corrected chi connectivity index (χ3v) is 6.13. The summed E-state index contributed by atoms with van der Waals surface area (Å²) in [6.07, 6.45) is 16.1. The van der Waals surface area contributed by atoms with Gasteiger partial charge in [-0.05, 0) is 49.1 Å². The molecule has 1 saturated carbocycles. The van der Waals surface area contributed by atoms with E-state index in [0.29, 0.717) is 5.92 Å². The van der Waals surface area contributed by atoms with Crippen LogP contribution in [0.2, 0.25) is 0 Å². The Hall–Kier alpha value is -0.860. The zero-order valence-corrected chi connectivity index (χ0v) is 16.3. The summed E-state index contributed by atoms with van der Waals surface area (Å²) in [6.45, 7) is 2.39. The Morgan fingerprint density at radius 2 is 1.64 bits per heavy atom. The molecular weight excluding hydrogens is 306 g/mol. The maximum Gasteiger partial charge on any atom is 0.0614 e. The summed E-state index contributed by atoms with van der Waals surface area (Å²) in [5.74, 6) is 0.407. The van der Waals surface area contributed by atoms with Crippen LogP contribution in [-0.2, 0) is 12.8 Å². The topological polar surface area (TPSA) is 46.2 Å². The number of aliphatic hydroxyl groups excluding tert-OH is 1. The maximum absolute atomic E-state index is 9.82. The fourth-order valence-electron chi connectivity index (χ4n) is 4.26. The average Bonchev–Trinajstić information content (AvgIpc) is 2.82. The molecule has 2 rings (SSSR count). The molecule has 3 N–H and O–H groups in total. The van der Waals surface area contributed by atoms with E-state index < -0.39 is 0 Å². The summed E-state index contributed by atoms with van der Waals surface area (Å²) >= 11 is 0. The van der Waals surface area contributed by atoms with Crippen molar-refractivity contribution in [3.8, 4) is 0 Å². The van der Waals surface area contributed by atoms with E-state index in [0.717, 1.165) is 25.7 Å². The molecule has 0 saturated heterocycles. The lowest BCUT2D eigenvalue weighted by atomic mass is 9.77. The second kappa shape index (κ2) is 11.0. The minimum absolute atomic E-state index is 0.119. The molecule has 2 nitrogen and oxygen atoms in total. The van der Waals surface area contributed by atoms with Crippen molar-refractivity contribution in [1.29, 1.82) is 0 Å². The van der Waals surface area contributed by atoms with E-state index in [9.17, 15) is 5.11 Å². The van der Waals surface area contributed by atoms with Crippen molar-refractivity contribution in [3.05, 3.63) is 35.4 Å². The normalized spacial score (nSPS) is 24.2. The molecule has 142 valence electrons. The van der Waals surface area contributed by atoms with E-state index in [2.05, 4.69) is 31.2 Å². The van der Waals surface area contributed by atoms with Gasteiger partial charge in [0.15, 0.2) is 0 Å². The van der Waals surface area contributed by atoms with Gasteiger partial charge in [-0.25, -0.2) is 0 Å². The lowest BCUT2D eigenvalue weighted by Crippen LogP contribution is -2.50. The van der Waals surface area contributed by atoms with Crippen LogP contribution in [0.1, 0.15) is 88.7 Å². The van der Waals surface area contributed by atoms with Crippen LogP contribution in [0.25, 0.3) is 0 Å². The molecule has 1 aliphatic carbocycles. The van der Waals surface area contributed by atoms with Crippen LogP contribution in [0.5, 0.6) is 0 Å². The number of hydrogen-bond donors (Lipinski definition) is 2. The lowest BCUT2D eigenvalue weighted by Gasteiger charge is -2.35.